The van der Waals surface area contributed by atoms with E-state index in [2.05, 4.69) is 55.5 Å². The average molecular weight is 392 g/mol. The molecule has 1 saturated heterocycles. The number of carbonyl (C=O) groups excluding carboxylic acids is 1. The third kappa shape index (κ3) is 4.38. The van der Waals surface area contributed by atoms with Gasteiger partial charge in [0.2, 0.25) is 0 Å². The van der Waals surface area contributed by atoms with Gasteiger partial charge < -0.3 is 9.47 Å². The Morgan fingerprint density at radius 2 is 1.76 bits per heavy atom. The summed E-state index contributed by atoms with van der Waals surface area (Å²) < 4.78 is 2.09. The number of carbonyl (C=O) groups is 1. The van der Waals surface area contributed by atoms with E-state index >= 15 is 0 Å². The van der Waals surface area contributed by atoms with Gasteiger partial charge in [-0.05, 0) is 31.0 Å². The van der Waals surface area contributed by atoms with Gasteiger partial charge in [0, 0.05) is 56.1 Å². The largest absolute Gasteiger partial charge is 0.331 e. The quantitative estimate of drug-likeness (QED) is 0.647. The lowest BCUT2D eigenvalue weighted by Crippen LogP contribution is -2.47. The van der Waals surface area contributed by atoms with E-state index in [0.717, 1.165) is 66.3 Å². The van der Waals surface area contributed by atoms with Crippen LogP contribution in [0.1, 0.15) is 18.4 Å². The first-order valence-corrected chi connectivity index (χ1v) is 10.4. The Hall–Kier alpha value is -2.57. The van der Waals surface area contributed by atoms with E-state index < -0.39 is 0 Å². The summed E-state index contributed by atoms with van der Waals surface area (Å²) in [5, 5.41) is 2.19. The maximum atomic E-state index is 12.6. The van der Waals surface area contributed by atoms with Gasteiger partial charge in [-0.15, -0.1) is 0 Å². The SMILES string of the molecule is CCN1CCN(CC(=O)Cc2cc3cc(-c4cnc(C)n4C)ccc3cn2)CC1. The van der Waals surface area contributed by atoms with Crippen LogP contribution in [0.3, 0.4) is 0 Å². The summed E-state index contributed by atoms with van der Waals surface area (Å²) in [5.41, 5.74) is 3.05. The highest BCUT2D eigenvalue weighted by atomic mass is 16.1. The summed E-state index contributed by atoms with van der Waals surface area (Å²) in [5.74, 6) is 1.22. The number of piperazine rings is 1. The van der Waals surface area contributed by atoms with E-state index in [1.165, 1.54) is 0 Å². The molecule has 4 rings (SSSR count). The minimum Gasteiger partial charge on any atom is -0.331 e. The molecule has 0 bridgehead atoms. The van der Waals surface area contributed by atoms with Gasteiger partial charge in [-0.25, -0.2) is 4.98 Å². The fourth-order valence-corrected chi connectivity index (χ4v) is 3.98. The highest BCUT2D eigenvalue weighted by Gasteiger charge is 2.18. The van der Waals surface area contributed by atoms with Gasteiger partial charge in [-0.2, -0.15) is 0 Å². The van der Waals surface area contributed by atoms with Crippen molar-refractivity contribution >= 4 is 16.6 Å². The van der Waals surface area contributed by atoms with E-state index in [-0.39, 0.29) is 5.78 Å². The molecule has 29 heavy (non-hydrogen) atoms. The molecule has 0 unspecified atom stereocenters. The zero-order valence-corrected chi connectivity index (χ0v) is 17.6. The van der Waals surface area contributed by atoms with E-state index in [1.807, 2.05) is 26.4 Å². The molecule has 0 N–H and O–H groups in total. The van der Waals surface area contributed by atoms with Crippen LogP contribution in [-0.2, 0) is 18.3 Å². The molecule has 3 aromatic rings. The molecule has 6 heteroatoms. The molecule has 1 aliphatic rings. The molecule has 0 spiro atoms. The highest BCUT2D eigenvalue weighted by molar-refractivity contribution is 5.88. The van der Waals surface area contributed by atoms with Crippen molar-refractivity contribution in [2.45, 2.75) is 20.3 Å². The van der Waals surface area contributed by atoms with Crippen molar-refractivity contribution in [3.05, 3.63) is 48.2 Å². The fourth-order valence-electron chi connectivity index (χ4n) is 3.98. The lowest BCUT2D eigenvalue weighted by Gasteiger charge is -2.33. The number of ketones is 1. The Kier molecular flexibility index (Phi) is 5.74. The summed E-state index contributed by atoms with van der Waals surface area (Å²) >= 11 is 0. The van der Waals surface area contributed by atoms with Gasteiger partial charge in [0.1, 0.15) is 5.82 Å². The van der Waals surface area contributed by atoms with Crippen LogP contribution in [0.5, 0.6) is 0 Å². The van der Waals surface area contributed by atoms with Crippen molar-refractivity contribution < 1.29 is 4.79 Å². The minimum atomic E-state index is 0.236. The first kappa shape index (κ1) is 19.7. The van der Waals surface area contributed by atoms with Crippen LogP contribution >= 0.6 is 0 Å². The van der Waals surface area contributed by atoms with E-state index in [1.54, 1.807) is 0 Å². The van der Waals surface area contributed by atoms with Crippen LogP contribution in [0.25, 0.3) is 22.0 Å². The number of fused-ring (bicyclic) bond motifs is 1. The van der Waals surface area contributed by atoms with Crippen LogP contribution in [-0.4, -0.2) is 69.4 Å². The lowest BCUT2D eigenvalue weighted by molar-refractivity contribution is -0.120. The van der Waals surface area contributed by atoms with Gasteiger partial charge >= 0.3 is 0 Å². The molecular formula is C23H29N5O. The number of benzene rings is 1. The maximum absolute atomic E-state index is 12.6. The van der Waals surface area contributed by atoms with E-state index in [0.29, 0.717) is 13.0 Å². The Morgan fingerprint density at radius 3 is 2.45 bits per heavy atom. The van der Waals surface area contributed by atoms with Crippen molar-refractivity contribution in [1.82, 2.24) is 24.3 Å². The van der Waals surface area contributed by atoms with Crippen LogP contribution in [0.15, 0.2) is 36.7 Å². The van der Waals surface area contributed by atoms with Gasteiger partial charge in [0.05, 0.1) is 24.9 Å². The second kappa shape index (κ2) is 8.43. The molecule has 0 radical (unpaired) electrons. The molecule has 0 saturated carbocycles. The zero-order valence-electron chi connectivity index (χ0n) is 17.6. The van der Waals surface area contributed by atoms with Crippen LogP contribution in [0, 0.1) is 6.92 Å². The topological polar surface area (TPSA) is 54.3 Å². The summed E-state index contributed by atoms with van der Waals surface area (Å²) in [6.07, 6.45) is 4.16. The third-order valence-corrected chi connectivity index (χ3v) is 5.98. The van der Waals surface area contributed by atoms with Gasteiger partial charge in [-0.1, -0.05) is 19.1 Å². The number of imidazole rings is 1. The van der Waals surface area contributed by atoms with Gasteiger partial charge in [-0.3, -0.25) is 14.7 Å². The number of nitrogens with zero attached hydrogens (tertiary/aromatic N) is 5. The second-order valence-corrected chi connectivity index (χ2v) is 7.91. The zero-order chi connectivity index (χ0) is 20.4. The molecule has 1 aliphatic heterocycles. The minimum absolute atomic E-state index is 0.236. The van der Waals surface area contributed by atoms with Crippen molar-refractivity contribution in [3.8, 4) is 11.3 Å². The number of likely N-dealkylation sites (N-methyl/N-ethyl adjacent to an activating group) is 1. The van der Waals surface area contributed by atoms with Crippen LogP contribution < -0.4 is 0 Å². The summed E-state index contributed by atoms with van der Waals surface area (Å²) in [7, 11) is 2.03. The Labute approximate surface area is 172 Å². The standard InChI is InChI=1S/C23H29N5O/c1-4-27-7-9-28(10-8-27)16-22(29)13-21-12-20-11-18(5-6-19(20)14-25-21)23-15-24-17(2)26(23)3/h5-6,11-12,14-15H,4,7-10,13,16H2,1-3H3. The van der Waals surface area contributed by atoms with Crippen molar-refractivity contribution in [2.24, 2.45) is 7.05 Å². The molecule has 0 aliphatic carbocycles. The Bertz CT molecular complexity index is 1020. The molecule has 3 heterocycles. The van der Waals surface area contributed by atoms with Crippen LogP contribution in [0.4, 0.5) is 0 Å². The molecule has 1 aromatic carbocycles. The molecule has 152 valence electrons. The summed E-state index contributed by atoms with van der Waals surface area (Å²) in [6, 6.07) is 8.39. The molecule has 2 aromatic heterocycles. The molecule has 6 nitrogen and oxygen atoms in total. The molecular weight excluding hydrogens is 362 g/mol. The number of rotatable bonds is 6. The Morgan fingerprint density at radius 1 is 1.00 bits per heavy atom. The normalized spacial score (nSPS) is 15.8. The highest BCUT2D eigenvalue weighted by Crippen LogP contribution is 2.25. The van der Waals surface area contributed by atoms with Crippen molar-refractivity contribution in [3.63, 3.8) is 0 Å². The maximum Gasteiger partial charge on any atom is 0.152 e. The van der Waals surface area contributed by atoms with Gasteiger partial charge in [0.15, 0.2) is 5.78 Å². The smallest absolute Gasteiger partial charge is 0.152 e. The number of pyridine rings is 1. The third-order valence-electron chi connectivity index (χ3n) is 5.98. The van der Waals surface area contributed by atoms with E-state index in [4.69, 9.17) is 0 Å². The monoisotopic (exact) mass is 391 g/mol. The predicted octanol–water partition coefficient (Wildman–Crippen LogP) is 2.69. The molecule has 1 fully saturated rings. The number of aryl methyl sites for hydroxylation is 1. The number of aromatic nitrogens is 3. The van der Waals surface area contributed by atoms with Gasteiger partial charge in [0.25, 0.3) is 0 Å². The molecule has 0 atom stereocenters. The van der Waals surface area contributed by atoms with Crippen LogP contribution in [0.2, 0.25) is 0 Å². The predicted molar refractivity (Wildman–Crippen MR) is 116 cm³/mol. The lowest BCUT2D eigenvalue weighted by atomic mass is 10.0. The Balaban J connectivity index is 1.46. The summed E-state index contributed by atoms with van der Waals surface area (Å²) in [4.78, 5) is 26.2. The van der Waals surface area contributed by atoms with Crippen molar-refractivity contribution in [1.29, 1.82) is 0 Å². The van der Waals surface area contributed by atoms with Crippen molar-refractivity contribution in [2.75, 3.05) is 39.3 Å². The first-order valence-electron chi connectivity index (χ1n) is 10.4. The first-order chi connectivity index (χ1) is 14.0. The average Bonchev–Trinajstić information content (AvgIpc) is 3.06. The second-order valence-electron chi connectivity index (χ2n) is 7.91. The molecule has 0 amide bonds. The fraction of sp³-hybridized carbons (Fsp3) is 0.435. The summed E-state index contributed by atoms with van der Waals surface area (Å²) in [6.45, 7) is 9.83. The van der Waals surface area contributed by atoms with E-state index in [9.17, 15) is 4.79 Å². The number of hydrogen-bond donors (Lipinski definition) is 0. The number of Topliss-reactive ketones (excluding diaryl/α,β-unsaturated/α-hetero) is 1. The number of hydrogen-bond acceptors (Lipinski definition) is 5.